The van der Waals surface area contributed by atoms with Gasteiger partial charge in [0.2, 0.25) is 0 Å². The Morgan fingerprint density at radius 1 is 1.21 bits per heavy atom. The van der Waals surface area contributed by atoms with Crippen LogP contribution in [-0.4, -0.2) is 44.9 Å². The van der Waals surface area contributed by atoms with Gasteiger partial charge in [-0.1, -0.05) is 6.07 Å². The second kappa shape index (κ2) is 7.98. The lowest BCUT2D eigenvalue weighted by molar-refractivity contribution is 0.486. The second-order valence-corrected chi connectivity index (χ2v) is 7.46. The van der Waals surface area contributed by atoms with Gasteiger partial charge in [-0.25, -0.2) is 4.98 Å². The molecule has 0 aromatic carbocycles. The summed E-state index contributed by atoms with van der Waals surface area (Å²) in [6.07, 6.45) is 8.69. The third kappa shape index (κ3) is 4.14. The van der Waals surface area contributed by atoms with Gasteiger partial charge < -0.3 is 16.0 Å². The quantitative estimate of drug-likeness (QED) is 0.613. The van der Waals surface area contributed by atoms with Crippen LogP contribution < -0.4 is 16.0 Å². The molecule has 2 atom stereocenters. The van der Waals surface area contributed by atoms with Crippen molar-refractivity contribution in [1.29, 1.82) is 0 Å². The van der Waals surface area contributed by atoms with E-state index < -0.39 is 0 Å². The Balaban J connectivity index is 1.33. The first-order valence-corrected chi connectivity index (χ1v) is 9.73. The summed E-state index contributed by atoms with van der Waals surface area (Å²) in [5.41, 5.74) is 5.49. The minimum Gasteiger partial charge on any atom is -0.380 e. The number of anilines is 2. The number of nitrogens with zero attached hydrogens (tertiary/aromatic N) is 4. The van der Waals surface area contributed by atoms with Crippen molar-refractivity contribution >= 4 is 11.5 Å². The van der Waals surface area contributed by atoms with E-state index in [1.807, 2.05) is 38.8 Å². The lowest BCUT2D eigenvalue weighted by atomic mass is 10.1. The van der Waals surface area contributed by atoms with Crippen molar-refractivity contribution < 1.29 is 0 Å². The Kier molecular flexibility index (Phi) is 5.25. The van der Waals surface area contributed by atoms with Gasteiger partial charge in [0.05, 0.1) is 17.9 Å². The van der Waals surface area contributed by atoms with E-state index in [0.717, 1.165) is 47.8 Å². The fraction of sp³-hybridized carbons (Fsp3) is 0.381. The summed E-state index contributed by atoms with van der Waals surface area (Å²) in [7, 11) is 1.92. The minimum atomic E-state index is 0.278. The first-order valence-electron chi connectivity index (χ1n) is 9.73. The molecule has 0 saturated carbocycles. The van der Waals surface area contributed by atoms with Crippen molar-refractivity contribution in [2.24, 2.45) is 7.05 Å². The van der Waals surface area contributed by atoms with Crippen LogP contribution >= 0.6 is 0 Å². The van der Waals surface area contributed by atoms with Crippen LogP contribution in [0.1, 0.15) is 18.2 Å². The molecule has 0 radical (unpaired) electrons. The molecule has 3 aromatic rings. The van der Waals surface area contributed by atoms with E-state index in [2.05, 4.69) is 56.1 Å². The molecular formula is C21H27N7. The van der Waals surface area contributed by atoms with Crippen LogP contribution in [-0.2, 0) is 13.5 Å². The molecule has 1 aliphatic rings. The number of nitrogens with one attached hydrogen (secondary N) is 3. The van der Waals surface area contributed by atoms with E-state index in [0.29, 0.717) is 6.04 Å². The maximum absolute atomic E-state index is 4.63. The number of aromatic nitrogens is 4. The molecule has 0 fully saturated rings. The molecule has 0 unspecified atom stereocenters. The Morgan fingerprint density at radius 3 is 2.86 bits per heavy atom. The predicted octanol–water partition coefficient (Wildman–Crippen LogP) is 2.61. The van der Waals surface area contributed by atoms with Crippen LogP contribution in [0, 0.1) is 6.92 Å². The zero-order chi connectivity index (χ0) is 19.5. The van der Waals surface area contributed by atoms with Crippen LogP contribution in [0.5, 0.6) is 0 Å². The topological polar surface area (TPSA) is 79.7 Å². The molecule has 4 heterocycles. The van der Waals surface area contributed by atoms with Crippen LogP contribution in [0.2, 0.25) is 0 Å². The number of rotatable bonds is 6. The molecule has 0 aliphatic carbocycles. The number of fused-ring (bicyclic) bond motifs is 1. The van der Waals surface area contributed by atoms with Gasteiger partial charge in [-0.2, -0.15) is 5.10 Å². The van der Waals surface area contributed by atoms with Gasteiger partial charge in [-0.15, -0.1) is 0 Å². The lowest BCUT2D eigenvalue weighted by Crippen LogP contribution is -2.48. The first-order chi connectivity index (χ1) is 13.6. The maximum Gasteiger partial charge on any atom is 0.149 e. The van der Waals surface area contributed by atoms with Crippen LogP contribution in [0.15, 0.2) is 43.0 Å². The van der Waals surface area contributed by atoms with E-state index in [4.69, 9.17) is 0 Å². The largest absolute Gasteiger partial charge is 0.380 e. The molecule has 0 amide bonds. The van der Waals surface area contributed by atoms with E-state index in [1.165, 1.54) is 5.56 Å². The Morgan fingerprint density at radius 2 is 2.11 bits per heavy atom. The maximum atomic E-state index is 4.63. The molecule has 28 heavy (non-hydrogen) atoms. The summed E-state index contributed by atoms with van der Waals surface area (Å²) in [6, 6.07) is 6.94. The van der Waals surface area contributed by atoms with Crippen molar-refractivity contribution in [3.8, 4) is 11.1 Å². The van der Waals surface area contributed by atoms with Gasteiger partial charge in [0, 0.05) is 55.0 Å². The van der Waals surface area contributed by atoms with Crippen molar-refractivity contribution in [3.05, 3.63) is 54.2 Å². The average molecular weight is 377 g/mol. The summed E-state index contributed by atoms with van der Waals surface area (Å²) in [6.45, 7) is 5.99. The average Bonchev–Trinajstić information content (AvgIpc) is 3.15. The van der Waals surface area contributed by atoms with Crippen molar-refractivity contribution in [2.75, 3.05) is 23.7 Å². The van der Waals surface area contributed by atoms with Gasteiger partial charge in [0.1, 0.15) is 5.82 Å². The molecule has 3 N–H and O–H groups in total. The van der Waals surface area contributed by atoms with Crippen LogP contribution in [0.3, 0.4) is 0 Å². The van der Waals surface area contributed by atoms with Gasteiger partial charge in [-0.3, -0.25) is 9.67 Å². The van der Waals surface area contributed by atoms with E-state index in [1.54, 1.807) is 4.68 Å². The molecule has 4 rings (SSSR count). The van der Waals surface area contributed by atoms with Gasteiger partial charge in [-0.05, 0) is 44.5 Å². The summed E-state index contributed by atoms with van der Waals surface area (Å²) in [5.74, 6) is 0.903. The summed E-state index contributed by atoms with van der Waals surface area (Å²) >= 11 is 0. The molecule has 0 bridgehead atoms. The minimum absolute atomic E-state index is 0.278. The number of aryl methyl sites for hydroxylation is 2. The number of hydrogen-bond acceptors (Lipinski definition) is 6. The van der Waals surface area contributed by atoms with Crippen LogP contribution in [0.25, 0.3) is 11.1 Å². The molecule has 7 nitrogen and oxygen atoms in total. The number of pyridine rings is 2. The summed E-state index contributed by atoms with van der Waals surface area (Å²) < 4.78 is 1.80. The Hall–Kier alpha value is -2.93. The highest BCUT2D eigenvalue weighted by Gasteiger charge is 2.23. The fourth-order valence-corrected chi connectivity index (χ4v) is 3.42. The Labute approximate surface area is 165 Å². The predicted molar refractivity (Wildman–Crippen MR) is 112 cm³/mol. The standard InChI is InChI=1S/C21H27N7/c1-14-4-5-16(9-23-14)6-7-22-15(2)20-12-24-19-8-17(10-25-21(19)27-20)18-11-26-28(3)13-18/h4-5,8-11,13,15,20,22,24H,6-7,12H2,1-3H3,(H,25,27)/t15-,20-/m1/s1. The van der Waals surface area contributed by atoms with Crippen LogP contribution in [0.4, 0.5) is 11.5 Å². The molecule has 3 aromatic heterocycles. The highest BCUT2D eigenvalue weighted by Crippen LogP contribution is 2.29. The Bertz CT molecular complexity index is 932. The molecule has 7 heteroatoms. The third-order valence-corrected chi connectivity index (χ3v) is 5.22. The SMILES string of the molecule is Cc1ccc(CCN[C@H](C)[C@H]2CNc3cc(-c4cnn(C)c4)cnc3N2)cn1. The zero-order valence-electron chi connectivity index (χ0n) is 16.6. The van der Waals surface area contributed by atoms with Gasteiger partial charge in [0.25, 0.3) is 0 Å². The van der Waals surface area contributed by atoms with E-state index in [-0.39, 0.29) is 6.04 Å². The highest BCUT2D eigenvalue weighted by molar-refractivity contribution is 5.75. The smallest absolute Gasteiger partial charge is 0.149 e. The second-order valence-electron chi connectivity index (χ2n) is 7.46. The normalized spacial score (nSPS) is 16.8. The fourth-order valence-electron chi connectivity index (χ4n) is 3.42. The van der Waals surface area contributed by atoms with Crippen molar-refractivity contribution in [1.82, 2.24) is 25.1 Å². The number of hydrogen-bond donors (Lipinski definition) is 3. The van der Waals surface area contributed by atoms with E-state index in [9.17, 15) is 0 Å². The zero-order valence-corrected chi connectivity index (χ0v) is 16.6. The molecular weight excluding hydrogens is 350 g/mol. The summed E-state index contributed by atoms with van der Waals surface area (Å²) in [5, 5.41) is 14.9. The molecule has 146 valence electrons. The van der Waals surface area contributed by atoms with Crippen molar-refractivity contribution in [2.45, 2.75) is 32.4 Å². The highest BCUT2D eigenvalue weighted by atomic mass is 15.2. The molecule has 0 spiro atoms. The third-order valence-electron chi connectivity index (χ3n) is 5.22. The molecule has 0 saturated heterocycles. The van der Waals surface area contributed by atoms with Gasteiger partial charge in [0.15, 0.2) is 0 Å². The summed E-state index contributed by atoms with van der Waals surface area (Å²) in [4.78, 5) is 8.99. The lowest BCUT2D eigenvalue weighted by Gasteiger charge is -2.32. The molecule has 1 aliphatic heterocycles. The van der Waals surface area contributed by atoms with Crippen molar-refractivity contribution in [3.63, 3.8) is 0 Å². The van der Waals surface area contributed by atoms with E-state index >= 15 is 0 Å². The first kappa shape index (κ1) is 18.4. The van der Waals surface area contributed by atoms with Gasteiger partial charge >= 0.3 is 0 Å². The monoisotopic (exact) mass is 377 g/mol.